The maximum absolute atomic E-state index is 9.88. The molecule has 2 N–H and O–H groups in total. The number of aromatic hydroxyl groups is 2. The molecule has 2 rings (SSSR count). The zero-order chi connectivity index (χ0) is 16.1. The molecule has 0 unspecified atom stereocenters. The minimum Gasteiger partial charge on any atom is -0.504 e. The van der Waals surface area contributed by atoms with Crippen LogP contribution in [0.25, 0.3) is 12.2 Å². The summed E-state index contributed by atoms with van der Waals surface area (Å²) in [5.74, 6) is 1.13. The molecule has 2 aromatic carbocycles. The van der Waals surface area contributed by atoms with Gasteiger partial charge in [-0.2, -0.15) is 0 Å². The minimum atomic E-state index is -0.0338. The molecular formula is C17H18O5. The molecule has 0 heterocycles. The van der Waals surface area contributed by atoms with Gasteiger partial charge in [0.05, 0.1) is 21.3 Å². The summed E-state index contributed by atoms with van der Waals surface area (Å²) < 4.78 is 15.3. The molecule has 0 atom stereocenters. The molecule has 116 valence electrons. The molecule has 0 aliphatic carbocycles. The van der Waals surface area contributed by atoms with Crippen molar-refractivity contribution >= 4 is 12.2 Å². The molecule has 0 aliphatic rings. The summed E-state index contributed by atoms with van der Waals surface area (Å²) in [6.07, 6.45) is 3.70. The van der Waals surface area contributed by atoms with Crippen molar-refractivity contribution in [2.24, 2.45) is 0 Å². The van der Waals surface area contributed by atoms with Gasteiger partial charge in [0.15, 0.2) is 23.0 Å². The van der Waals surface area contributed by atoms with Crippen molar-refractivity contribution in [2.45, 2.75) is 0 Å². The number of methoxy groups -OCH3 is 3. The molecule has 0 spiro atoms. The molecule has 0 aliphatic heterocycles. The lowest BCUT2D eigenvalue weighted by atomic mass is 10.1. The molecule has 5 nitrogen and oxygen atoms in total. The van der Waals surface area contributed by atoms with Crippen molar-refractivity contribution in [3.63, 3.8) is 0 Å². The molecule has 5 heteroatoms. The van der Waals surface area contributed by atoms with Crippen molar-refractivity contribution < 1.29 is 24.4 Å². The standard InChI is InChI=1S/C17H18O5/c1-20-14-8-11(6-7-13(14)18)4-5-12-9-15(21-2)17(19)16(10-12)22-3/h4-10,18-19H,1-3H3/b5-4+. The Bertz CT molecular complexity index is 666. The number of benzene rings is 2. The highest BCUT2D eigenvalue weighted by molar-refractivity contribution is 5.73. The molecule has 0 fully saturated rings. The average Bonchev–Trinajstić information content (AvgIpc) is 2.54. The summed E-state index contributed by atoms with van der Waals surface area (Å²) >= 11 is 0. The van der Waals surface area contributed by atoms with Gasteiger partial charge < -0.3 is 24.4 Å². The highest BCUT2D eigenvalue weighted by Crippen LogP contribution is 2.37. The van der Waals surface area contributed by atoms with Crippen LogP contribution in [0.4, 0.5) is 0 Å². The van der Waals surface area contributed by atoms with Crippen molar-refractivity contribution in [1.29, 1.82) is 0 Å². The lowest BCUT2D eigenvalue weighted by molar-refractivity contribution is 0.340. The Balaban J connectivity index is 2.33. The Hall–Kier alpha value is -2.82. The largest absolute Gasteiger partial charge is 0.504 e. The van der Waals surface area contributed by atoms with E-state index in [0.717, 1.165) is 11.1 Å². The van der Waals surface area contributed by atoms with Crippen LogP contribution in [0.1, 0.15) is 11.1 Å². The van der Waals surface area contributed by atoms with Gasteiger partial charge in [-0.3, -0.25) is 0 Å². The minimum absolute atomic E-state index is 0.0338. The van der Waals surface area contributed by atoms with Gasteiger partial charge >= 0.3 is 0 Å². The van der Waals surface area contributed by atoms with Crippen LogP contribution in [0.3, 0.4) is 0 Å². The Kier molecular flexibility index (Phi) is 4.78. The first-order chi connectivity index (χ1) is 10.6. The summed E-state index contributed by atoms with van der Waals surface area (Å²) in [5, 5.41) is 19.5. The fourth-order valence-corrected chi connectivity index (χ4v) is 2.00. The molecular weight excluding hydrogens is 284 g/mol. The second-order valence-electron chi connectivity index (χ2n) is 4.54. The smallest absolute Gasteiger partial charge is 0.200 e. The van der Waals surface area contributed by atoms with E-state index in [2.05, 4.69) is 0 Å². The van der Waals surface area contributed by atoms with Crippen molar-refractivity contribution in [1.82, 2.24) is 0 Å². The van der Waals surface area contributed by atoms with E-state index in [4.69, 9.17) is 14.2 Å². The zero-order valence-corrected chi connectivity index (χ0v) is 12.7. The Morgan fingerprint density at radius 3 is 1.77 bits per heavy atom. The van der Waals surface area contributed by atoms with E-state index in [1.165, 1.54) is 21.3 Å². The second-order valence-corrected chi connectivity index (χ2v) is 4.54. The summed E-state index contributed by atoms with van der Waals surface area (Å²) in [5.41, 5.74) is 1.67. The molecule has 0 radical (unpaired) electrons. The van der Waals surface area contributed by atoms with Crippen molar-refractivity contribution in [2.75, 3.05) is 21.3 Å². The van der Waals surface area contributed by atoms with Crippen molar-refractivity contribution in [3.8, 4) is 28.7 Å². The third kappa shape index (κ3) is 3.25. The Morgan fingerprint density at radius 1 is 0.727 bits per heavy atom. The van der Waals surface area contributed by atoms with E-state index in [-0.39, 0.29) is 11.5 Å². The van der Waals surface area contributed by atoms with E-state index in [1.807, 2.05) is 12.2 Å². The van der Waals surface area contributed by atoms with Gasteiger partial charge in [-0.25, -0.2) is 0 Å². The van der Waals surface area contributed by atoms with Gasteiger partial charge in [0.25, 0.3) is 0 Å². The highest BCUT2D eigenvalue weighted by Gasteiger charge is 2.09. The first-order valence-electron chi connectivity index (χ1n) is 6.59. The van der Waals surface area contributed by atoms with Gasteiger partial charge in [-0.15, -0.1) is 0 Å². The van der Waals surface area contributed by atoms with Gasteiger partial charge in [0, 0.05) is 0 Å². The maximum Gasteiger partial charge on any atom is 0.200 e. The van der Waals surface area contributed by atoms with Gasteiger partial charge in [-0.05, 0) is 35.4 Å². The lowest BCUT2D eigenvalue weighted by Gasteiger charge is -2.09. The van der Waals surface area contributed by atoms with Crippen LogP contribution in [-0.2, 0) is 0 Å². The van der Waals surface area contributed by atoms with E-state index in [0.29, 0.717) is 17.2 Å². The highest BCUT2D eigenvalue weighted by atomic mass is 16.5. The quantitative estimate of drug-likeness (QED) is 0.829. The first-order valence-corrected chi connectivity index (χ1v) is 6.59. The van der Waals surface area contributed by atoms with Crippen molar-refractivity contribution in [3.05, 3.63) is 41.5 Å². The number of hydrogen-bond donors (Lipinski definition) is 2. The summed E-state index contributed by atoms with van der Waals surface area (Å²) in [4.78, 5) is 0. The van der Waals surface area contributed by atoms with Gasteiger partial charge in [0.1, 0.15) is 0 Å². The monoisotopic (exact) mass is 302 g/mol. The van der Waals surface area contributed by atoms with Crippen LogP contribution in [0.2, 0.25) is 0 Å². The van der Waals surface area contributed by atoms with Crippen LogP contribution in [0.5, 0.6) is 28.7 Å². The third-order valence-electron chi connectivity index (χ3n) is 3.17. The van der Waals surface area contributed by atoms with Crippen LogP contribution in [0, 0.1) is 0 Å². The lowest BCUT2D eigenvalue weighted by Crippen LogP contribution is -1.90. The Labute approximate surface area is 129 Å². The molecule has 0 aromatic heterocycles. The first kappa shape index (κ1) is 15.6. The van der Waals surface area contributed by atoms with E-state index >= 15 is 0 Å². The molecule has 0 saturated heterocycles. The molecule has 0 amide bonds. The molecule has 2 aromatic rings. The fourth-order valence-electron chi connectivity index (χ4n) is 2.00. The van der Waals surface area contributed by atoms with Crippen LogP contribution in [0.15, 0.2) is 30.3 Å². The van der Waals surface area contributed by atoms with E-state index < -0.39 is 0 Å². The average molecular weight is 302 g/mol. The normalized spacial score (nSPS) is 10.7. The zero-order valence-electron chi connectivity index (χ0n) is 12.7. The summed E-state index contributed by atoms with van der Waals surface area (Å²) in [7, 11) is 4.46. The molecule has 0 saturated carbocycles. The van der Waals surface area contributed by atoms with Crippen LogP contribution in [-0.4, -0.2) is 31.5 Å². The summed E-state index contributed by atoms with van der Waals surface area (Å²) in [6.45, 7) is 0. The topological polar surface area (TPSA) is 68.2 Å². The predicted octanol–water partition coefficient (Wildman–Crippen LogP) is 3.29. The van der Waals surface area contributed by atoms with E-state index in [1.54, 1.807) is 30.3 Å². The third-order valence-corrected chi connectivity index (χ3v) is 3.17. The van der Waals surface area contributed by atoms with Crippen LogP contribution >= 0.6 is 0 Å². The molecule has 22 heavy (non-hydrogen) atoms. The summed E-state index contributed by atoms with van der Waals surface area (Å²) in [6, 6.07) is 8.46. The molecule has 0 bridgehead atoms. The number of phenolic OH excluding ortho intramolecular Hbond substituents is 2. The number of ether oxygens (including phenoxy) is 3. The number of rotatable bonds is 5. The maximum atomic E-state index is 9.88. The number of hydrogen-bond acceptors (Lipinski definition) is 5. The fraction of sp³-hybridized carbons (Fsp3) is 0.176. The van der Waals surface area contributed by atoms with Gasteiger partial charge in [-0.1, -0.05) is 18.2 Å². The Morgan fingerprint density at radius 2 is 1.23 bits per heavy atom. The predicted molar refractivity (Wildman–Crippen MR) is 84.8 cm³/mol. The second kappa shape index (κ2) is 6.76. The van der Waals surface area contributed by atoms with Crippen LogP contribution < -0.4 is 14.2 Å². The van der Waals surface area contributed by atoms with Gasteiger partial charge in [0.2, 0.25) is 5.75 Å². The SMILES string of the molecule is COc1cc(/C=C/c2cc(OC)c(O)c(OC)c2)ccc1O. The number of phenols is 2. The van der Waals surface area contributed by atoms with E-state index in [9.17, 15) is 10.2 Å².